The van der Waals surface area contributed by atoms with E-state index >= 15 is 0 Å². The van der Waals surface area contributed by atoms with Gasteiger partial charge in [-0.25, -0.2) is 0 Å². The van der Waals surface area contributed by atoms with Crippen LogP contribution in [0.2, 0.25) is 0 Å². The van der Waals surface area contributed by atoms with E-state index < -0.39 is 0 Å². The summed E-state index contributed by atoms with van der Waals surface area (Å²) in [6.45, 7) is 1.28. The molecule has 6 nitrogen and oxygen atoms in total. The van der Waals surface area contributed by atoms with E-state index in [0.717, 1.165) is 18.5 Å². The van der Waals surface area contributed by atoms with Crippen molar-refractivity contribution in [2.75, 3.05) is 13.1 Å². The number of amides is 2. The van der Waals surface area contributed by atoms with Crippen molar-refractivity contribution in [2.24, 2.45) is 0 Å². The van der Waals surface area contributed by atoms with Crippen LogP contribution < -0.4 is 5.32 Å². The molecule has 0 spiro atoms. The Labute approximate surface area is 163 Å². The molecule has 0 radical (unpaired) electrons. The number of nitrogens with zero attached hydrogens (tertiary/aromatic N) is 3. The molecule has 28 heavy (non-hydrogen) atoms. The van der Waals surface area contributed by atoms with Crippen LogP contribution in [-0.4, -0.2) is 45.4 Å². The van der Waals surface area contributed by atoms with Crippen LogP contribution in [0.1, 0.15) is 33.6 Å². The molecule has 1 N–H and O–H groups in total. The quantitative estimate of drug-likeness (QED) is 0.764. The summed E-state index contributed by atoms with van der Waals surface area (Å²) in [6.07, 6.45) is 8.70. The van der Waals surface area contributed by atoms with Crippen molar-refractivity contribution in [3.05, 3.63) is 84.4 Å². The maximum Gasteiger partial charge on any atom is 0.253 e. The number of carbonyl (C=O) groups excluding carboxylic acids is 2. The van der Waals surface area contributed by atoms with Crippen LogP contribution in [0.4, 0.5) is 0 Å². The van der Waals surface area contributed by atoms with Crippen LogP contribution in [0.5, 0.6) is 0 Å². The topological polar surface area (TPSA) is 67.2 Å². The predicted molar refractivity (Wildman–Crippen MR) is 106 cm³/mol. The van der Waals surface area contributed by atoms with Gasteiger partial charge in [0.25, 0.3) is 11.8 Å². The van der Waals surface area contributed by atoms with Crippen molar-refractivity contribution in [3.63, 3.8) is 0 Å². The molecular weight excluding hydrogens is 352 g/mol. The van der Waals surface area contributed by atoms with Gasteiger partial charge in [0.1, 0.15) is 0 Å². The minimum Gasteiger partial charge on any atom is -0.349 e. The second-order valence-corrected chi connectivity index (χ2v) is 6.91. The number of hydrogen-bond acceptors (Lipinski definition) is 3. The smallest absolute Gasteiger partial charge is 0.253 e. The van der Waals surface area contributed by atoms with E-state index in [0.29, 0.717) is 24.2 Å². The number of pyridine rings is 1. The van der Waals surface area contributed by atoms with Crippen molar-refractivity contribution in [1.29, 1.82) is 0 Å². The fraction of sp³-hybridized carbons (Fsp3) is 0.227. The third kappa shape index (κ3) is 3.96. The summed E-state index contributed by atoms with van der Waals surface area (Å²) in [5.74, 6) is -0.0502. The number of aromatic nitrogens is 2. The molecule has 4 rings (SSSR count). The molecule has 0 bridgehead atoms. The van der Waals surface area contributed by atoms with Crippen LogP contribution in [0, 0.1) is 0 Å². The Hall–Kier alpha value is -3.41. The monoisotopic (exact) mass is 374 g/mol. The number of carbonyl (C=O) groups is 2. The molecule has 2 aromatic heterocycles. The zero-order valence-corrected chi connectivity index (χ0v) is 15.5. The molecular formula is C22H22N4O2. The highest BCUT2D eigenvalue weighted by atomic mass is 16.2. The zero-order chi connectivity index (χ0) is 19.3. The maximum atomic E-state index is 12.5. The molecule has 1 saturated heterocycles. The molecule has 0 atom stereocenters. The van der Waals surface area contributed by atoms with Gasteiger partial charge in [-0.05, 0) is 61.4 Å². The largest absolute Gasteiger partial charge is 0.349 e. The summed E-state index contributed by atoms with van der Waals surface area (Å²) >= 11 is 0. The first-order chi connectivity index (χ1) is 13.7. The van der Waals surface area contributed by atoms with E-state index in [-0.39, 0.29) is 17.9 Å². The Morgan fingerprint density at radius 2 is 1.54 bits per heavy atom. The Morgan fingerprint density at radius 3 is 2.18 bits per heavy atom. The van der Waals surface area contributed by atoms with Gasteiger partial charge >= 0.3 is 0 Å². The van der Waals surface area contributed by atoms with Crippen molar-refractivity contribution < 1.29 is 9.59 Å². The zero-order valence-electron chi connectivity index (χ0n) is 15.5. The van der Waals surface area contributed by atoms with Gasteiger partial charge in [0, 0.05) is 60.7 Å². The first-order valence-corrected chi connectivity index (χ1v) is 9.44. The lowest BCUT2D eigenvalue weighted by atomic mass is 10.0. The summed E-state index contributed by atoms with van der Waals surface area (Å²) < 4.78 is 2.00. The first-order valence-electron chi connectivity index (χ1n) is 9.44. The highest BCUT2D eigenvalue weighted by Crippen LogP contribution is 2.15. The number of piperidine rings is 1. The average Bonchev–Trinajstić information content (AvgIpc) is 3.29. The molecule has 142 valence electrons. The summed E-state index contributed by atoms with van der Waals surface area (Å²) in [5, 5.41) is 3.09. The molecule has 0 unspecified atom stereocenters. The van der Waals surface area contributed by atoms with Crippen LogP contribution in [0.25, 0.3) is 5.69 Å². The van der Waals surface area contributed by atoms with E-state index in [9.17, 15) is 9.59 Å². The highest BCUT2D eigenvalue weighted by molar-refractivity contribution is 5.95. The predicted octanol–water partition coefficient (Wildman–Crippen LogP) is 2.91. The van der Waals surface area contributed by atoms with Gasteiger partial charge in [-0.2, -0.15) is 0 Å². The summed E-state index contributed by atoms with van der Waals surface area (Å²) in [5.41, 5.74) is 2.32. The lowest BCUT2D eigenvalue weighted by molar-refractivity contribution is 0.0698. The molecule has 6 heteroatoms. The standard InChI is InChI=1S/C22H22N4O2/c27-21(17-3-5-20(6-4-17)25-13-1-2-14-25)24-19-9-15-26(16-10-19)22(28)18-7-11-23-12-8-18/h1-8,11-14,19H,9-10,15-16H2,(H,24,27). The van der Waals surface area contributed by atoms with Crippen molar-refractivity contribution >= 4 is 11.8 Å². The van der Waals surface area contributed by atoms with Crippen molar-refractivity contribution in [1.82, 2.24) is 19.8 Å². The van der Waals surface area contributed by atoms with Gasteiger partial charge in [-0.15, -0.1) is 0 Å². The molecule has 0 saturated carbocycles. The van der Waals surface area contributed by atoms with E-state index in [4.69, 9.17) is 0 Å². The lowest BCUT2D eigenvalue weighted by Crippen LogP contribution is -2.46. The fourth-order valence-corrected chi connectivity index (χ4v) is 3.46. The normalized spacial score (nSPS) is 14.6. The second-order valence-electron chi connectivity index (χ2n) is 6.91. The van der Waals surface area contributed by atoms with Crippen LogP contribution >= 0.6 is 0 Å². The highest BCUT2D eigenvalue weighted by Gasteiger charge is 2.24. The molecule has 1 aromatic carbocycles. The van der Waals surface area contributed by atoms with Gasteiger partial charge < -0.3 is 14.8 Å². The summed E-state index contributed by atoms with van der Waals surface area (Å²) in [6, 6.07) is 15.0. The Kier molecular flexibility index (Phi) is 5.19. The number of nitrogens with one attached hydrogen (secondary N) is 1. The first kappa shape index (κ1) is 18.0. The van der Waals surface area contributed by atoms with Crippen molar-refractivity contribution in [3.8, 4) is 5.69 Å². The number of likely N-dealkylation sites (tertiary alicyclic amines) is 1. The average molecular weight is 374 g/mol. The lowest BCUT2D eigenvalue weighted by Gasteiger charge is -2.32. The van der Waals surface area contributed by atoms with Crippen LogP contribution in [0.3, 0.4) is 0 Å². The number of benzene rings is 1. The number of hydrogen-bond donors (Lipinski definition) is 1. The van der Waals surface area contributed by atoms with Gasteiger partial charge in [-0.1, -0.05) is 0 Å². The molecule has 3 heterocycles. The molecule has 2 amide bonds. The Balaban J connectivity index is 1.31. The molecule has 0 aliphatic carbocycles. The van der Waals surface area contributed by atoms with E-state index in [1.807, 2.05) is 58.3 Å². The Bertz CT molecular complexity index is 928. The van der Waals surface area contributed by atoms with E-state index in [1.165, 1.54) is 0 Å². The third-order valence-electron chi connectivity index (χ3n) is 5.08. The molecule has 1 fully saturated rings. The second kappa shape index (κ2) is 8.08. The maximum absolute atomic E-state index is 12.5. The molecule has 1 aliphatic heterocycles. The third-order valence-corrected chi connectivity index (χ3v) is 5.08. The fourth-order valence-electron chi connectivity index (χ4n) is 3.46. The molecule has 3 aromatic rings. The van der Waals surface area contributed by atoms with Crippen LogP contribution in [0.15, 0.2) is 73.3 Å². The van der Waals surface area contributed by atoms with Gasteiger partial charge in [0.2, 0.25) is 0 Å². The van der Waals surface area contributed by atoms with E-state index in [1.54, 1.807) is 24.5 Å². The summed E-state index contributed by atoms with van der Waals surface area (Å²) in [4.78, 5) is 30.8. The minimum absolute atomic E-state index is 0.0211. The van der Waals surface area contributed by atoms with Gasteiger partial charge in [0.15, 0.2) is 0 Å². The minimum atomic E-state index is -0.0713. The van der Waals surface area contributed by atoms with Gasteiger partial charge in [-0.3, -0.25) is 14.6 Å². The SMILES string of the molecule is O=C(NC1CCN(C(=O)c2ccncc2)CC1)c1ccc(-n2cccc2)cc1. The van der Waals surface area contributed by atoms with Crippen molar-refractivity contribution in [2.45, 2.75) is 18.9 Å². The Morgan fingerprint density at radius 1 is 0.893 bits per heavy atom. The van der Waals surface area contributed by atoms with E-state index in [2.05, 4.69) is 10.3 Å². The summed E-state index contributed by atoms with van der Waals surface area (Å²) in [7, 11) is 0. The molecule has 1 aliphatic rings. The van der Waals surface area contributed by atoms with Crippen LogP contribution in [-0.2, 0) is 0 Å². The van der Waals surface area contributed by atoms with Gasteiger partial charge in [0.05, 0.1) is 0 Å². The number of rotatable bonds is 4.